The van der Waals surface area contributed by atoms with Crippen molar-refractivity contribution in [2.45, 2.75) is 19.0 Å². The van der Waals surface area contributed by atoms with Gasteiger partial charge in [0.25, 0.3) is 0 Å². The quantitative estimate of drug-likeness (QED) is 0.450. The maximum Gasteiger partial charge on any atom is 0.325 e. The van der Waals surface area contributed by atoms with Crippen LogP contribution in [-0.2, 0) is 9.53 Å². The molecule has 7 nitrogen and oxygen atoms in total. The van der Waals surface area contributed by atoms with Crippen molar-refractivity contribution in [2.75, 3.05) is 20.3 Å². The SMILES string of the molecule is CCOC(=O)CN1C(=S)N[C@@H](c2ccccn2)[C@@H]1c1cccn1-c1cccc(OC)c1. The van der Waals surface area contributed by atoms with Gasteiger partial charge in [-0.2, -0.15) is 0 Å². The third kappa shape index (κ3) is 4.25. The molecule has 2 atom stereocenters. The van der Waals surface area contributed by atoms with Crippen LogP contribution in [0.1, 0.15) is 30.4 Å². The summed E-state index contributed by atoms with van der Waals surface area (Å²) in [7, 11) is 1.65. The van der Waals surface area contributed by atoms with E-state index < -0.39 is 0 Å². The summed E-state index contributed by atoms with van der Waals surface area (Å²) in [6.45, 7) is 2.17. The number of hydrogen-bond donors (Lipinski definition) is 1. The zero-order valence-electron chi connectivity index (χ0n) is 17.4. The van der Waals surface area contributed by atoms with Gasteiger partial charge in [-0.25, -0.2) is 0 Å². The first kappa shape index (κ1) is 20.9. The van der Waals surface area contributed by atoms with Crippen molar-refractivity contribution in [3.63, 3.8) is 0 Å². The molecular weight excluding hydrogens is 412 g/mol. The van der Waals surface area contributed by atoms with Gasteiger partial charge in [-0.1, -0.05) is 12.1 Å². The van der Waals surface area contributed by atoms with Crippen LogP contribution in [0.15, 0.2) is 67.0 Å². The van der Waals surface area contributed by atoms with Crippen LogP contribution in [0.2, 0.25) is 0 Å². The second-order valence-corrected chi connectivity index (χ2v) is 7.45. The number of nitrogens with one attached hydrogen (secondary N) is 1. The molecule has 0 spiro atoms. The molecule has 3 heterocycles. The Balaban J connectivity index is 1.78. The minimum absolute atomic E-state index is 0.0525. The number of thiocarbonyl (C=S) groups is 1. The number of rotatable bonds is 7. The first-order chi connectivity index (χ1) is 15.1. The fourth-order valence-electron chi connectivity index (χ4n) is 3.87. The number of nitrogens with zero attached hydrogens (tertiary/aromatic N) is 3. The average molecular weight is 437 g/mol. The van der Waals surface area contributed by atoms with Crippen LogP contribution in [0, 0.1) is 0 Å². The second-order valence-electron chi connectivity index (χ2n) is 7.06. The molecule has 0 radical (unpaired) electrons. The molecule has 2 aromatic heterocycles. The average Bonchev–Trinajstić information content (AvgIpc) is 3.39. The number of ether oxygens (including phenoxy) is 2. The Hall–Kier alpha value is -3.39. The molecule has 1 aromatic carbocycles. The van der Waals surface area contributed by atoms with Crippen LogP contribution in [0.5, 0.6) is 5.75 Å². The lowest BCUT2D eigenvalue weighted by atomic mass is 10.0. The molecule has 3 aromatic rings. The highest BCUT2D eigenvalue weighted by atomic mass is 32.1. The Kier molecular flexibility index (Phi) is 6.18. The van der Waals surface area contributed by atoms with Crippen molar-refractivity contribution in [3.05, 3.63) is 78.4 Å². The van der Waals surface area contributed by atoms with Crippen molar-refractivity contribution in [3.8, 4) is 11.4 Å². The number of carbonyl (C=O) groups is 1. The van der Waals surface area contributed by atoms with Gasteiger partial charge in [0, 0.05) is 29.8 Å². The summed E-state index contributed by atoms with van der Waals surface area (Å²) < 4.78 is 12.7. The molecule has 8 heteroatoms. The molecule has 31 heavy (non-hydrogen) atoms. The number of pyridine rings is 1. The Morgan fingerprint density at radius 2 is 2.06 bits per heavy atom. The van der Waals surface area contributed by atoms with Crippen molar-refractivity contribution < 1.29 is 14.3 Å². The van der Waals surface area contributed by atoms with E-state index in [-0.39, 0.29) is 24.6 Å². The number of esters is 1. The Morgan fingerprint density at radius 1 is 1.19 bits per heavy atom. The largest absolute Gasteiger partial charge is 0.497 e. The highest BCUT2D eigenvalue weighted by Crippen LogP contribution is 2.39. The lowest BCUT2D eigenvalue weighted by Crippen LogP contribution is -2.36. The molecule has 0 saturated carbocycles. The lowest BCUT2D eigenvalue weighted by Gasteiger charge is -2.28. The van der Waals surface area contributed by atoms with Crippen LogP contribution >= 0.6 is 12.2 Å². The van der Waals surface area contributed by atoms with Crippen molar-refractivity contribution in [1.82, 2.24) is 19.8 Å². The molecule has 1 N–H and O–H groups in total. The molecule has 0 amide bonds. The first-order valence-electron chi connectivity index (χ1n) is 10.1. The second kappa shape index (κ2) is 9.18. The summed E-state index contributed by atoms with van der Waals surface area (Å²) in [4.78, 5) is 18.8. The number of hydrogen-bond acceptors (Lipinski definition) is 5. The zero-order chi connectivity index (χ0) is 21.8. The maximum atomic E-state index is 12.4. The molecule has 0 unspecified atom stereocenters. The van der Waals surface area contributed by atoms with Crippen LogP contribution in [-0.4, -0.2) is 45.8 Å². The molecule has 160 valence electrons. The van der Waals surface area contributed by atoms with Gasteiger partial charge in [-0.15, -0.1) is 0 Å². The summed E-state index contributed by atoms with van der Waals surface area (Å²) >= 11 is 5.62. The Bertz CT molecular complexity index is 1070. The normalized spacial score (nSPS) is 18.0. The van der Waals surface area contributed by atoms with Crippen LogP contribution in [0.25, 0.3) is 5.69 Å². The van der Waals surface area contributed by atoms with Gasteiger partial charge in [-0.05, 0) is 55.5 Å². The van der Waals surface area contributed by atoms with E-state index in [2.05, 4.69) is 14.9 Å². The van der Waals surface area contributed by atoms with E-state index >= 15 is 0 Å². The van der Waals surface area contributed by atoms with Crippen LogP contribution < -0.4 is 10.1 Å². The predicted molar refractivity (Wildman–Crippen MR) is 121 cm³/mol. The third-order valence-electron chi connectivity index (χ3n) is 5.22. The van der Waals surface area contributed by atoms with E-state index in [1.54, 1.807) is 20.2 Å². The van der Waals surface area contributed by atoms with Crippen molar-refractivity contribution in [1.29, 1.82) is 0 Å². The molecule has 4 rings (SSSR count). The molecule has 0 aliphatic carbocycles. The highest BCUT2D eigenvalue weighted by molar-refractivity contribution is 7.80. The predicted octanol–water partition coefficient (Wildman–Crippen LogP) is 3.42. The lowest BCUT2D eigenvalue weighted by molar-refractivity contribution is -0.143. The van der Waals surface area contributed by atoms with Gasteiger partial charge in [-0.3, -0.25) is 9.78 Å². The van der Waals surface area contributed by atoms with Crippen molar-refractivity contribution >= 4 is 23.3 Å². The zero-order valence-corrected chi connectivity index (χ0v) is 18.2. The number of benzene rings is 1. The first-order valence-corrected chi connectivity index (χ1v) is 10.5. The minimum Gasteiger partial charge on any atom is -0.497 e. The summed E-state index contributed by atoms with van der Waals surface area (Å²) in [5.74, 6) is 0.444. The molecular formula is C23H24N4O3S. The summed E-state index contributed by atoms with van der Waals surface area (Å²) in [6.07, 6.45) is 3.75. The smallest absolute Gasteiger partial charge is 0.325 e. The molecule has 0 bridgehead atoms. The summed E-state index contributed by atoms with van der Waals surface area (Å²) in [5.41, 5.74) is 2.77. The van der Waals surface area contributed by atoms with Gasteiger partial charge in [0.2, 0.25) is 0 Å². The van der Waals surface area contributed by atoms with E-state index in [1.807, 2.05) is 65.7 Å². The van der Waals surface area contributed by atoms with E-state index in [4.69, 9.17) is 21.7 Å². The molecule has 1 fully saturated rings. The highest BCUT2D eigenvalue weighted by Gasteiger charge is 2.42. The van der Waals surface area contributed by atoms with E-state index in [0.717, 1.165) is 22.8 Å². The van der Waals surface area contributed by atoms with Gasteiger partial charge in [0.1, 0.15) is 12.3 Å². The Morgan fingerprint density at radius 3 is 2.81 bits per heavy atom. The van der Waals surface area contributed by atoms with Crippen LogP contribution in [0.3, 0.4) is 0 Å². The summed E-state index contributed by atoms with van der Waals surface area (Å²) in [5, 5.41) is 3.85. The van der Waals surface area contributed by atoms with Gasteiger partial charge in [0.15, 0.2) is 5.11 Å². The Labute approximate surface area is 186 Å². The standard InChI is InChI=1S/C23H24N4O3S/c1-3-30-20(28)15-27-22(21(25-23(27)31)18-10-4-5-12-24-18)19-11-7-13-26(19)16-8-6-9-17(14-16)29-2/h4-14,21-22H,3,15H2,1-2H3,(H,25,31)/t21-,22-/m0/s1. The monoisotopic (exact) mass is 436 g/mol. The number of carbonyl (C=O) groups excluding carboxylic acids is 1. The maximum absolute atomic E-state index is 12.4. The number of methoxy groups -OCH3 is 1. The van der Waals surface area contributed by atoms with E-state index in [0.29, 0.717) is 11.7 Å². The van der Waals surface area contributed by atoms with Gasteiger partial charge >= 0.3 is 5.97 Å². The van der Waals surface area contributed by atoms with E-state index in [9.17, 15) is 4.79 Å². The fraction of sp³-hybridized carbons (Fsp3) is 0.261. The van der Waals surface area contributed by atoms with E-state index in [1.165, 1.54) is 0 Å². The minimum atomic E-state index is -0.321. The fourth-order valence-corrected chi connectivity index (χ4v) is 4.18. The molecule has 1 saturated heterocycles. The molecule has 1 aliphatic heterocycles. The van der Waals surface area contributed by atoms with Crippen LogP contribution in [0.4, 0.5) is 0 Å². The topological polar surface area (TPSA) is 68.6 Å². The summed E-state index contributed by atoms with van der Waals surface area (Å²) in [6, 6.07) is 17.1. The van der Waals surface area contributed by atoms with Gasteiger partial charge < -0.3 is 24.3 Å². The third-order valence-corrected chi connectivity index (χ3v) is 5.57. The number of aromatic nitrogens is 2. The molecule has 1 aliphatic rings. The van der Waals surface area contributed by atoms with Crippen molar-refractivity contribution in [2.24, 2.45) is 0 Å². The van der Waals surface area contributed by atoms with Gasteiger partial charge in [0.05, 0.1) is 31.5 Å².